The van der Waals surface area contributed by atoms with Crippen molar-refractivity contribution in [1.82, 2.24) is 15.6 Å². The van der Waals surface area contributed by atoms with Gasteiger partial charge in [-0.05, 0) is 41.3 Å². The third-order valence-electron chi connectivity index (χ3n) is 3.14. The maximum atomic E-state index is 11.7. The molecule has 2 rings (SSSR count). The summed E-state index contributed by atoms with van der Waals surface area (Å²) in [5.74, 6) is 0.520. The molecule has 0 unspecified atom stereocenters. The molecule has 1 heterocycles. The van der Waals surface area contributed by atoms with Crippen LogP contribution in [0.25, 0.3) is 0 Å². The molecule has 0 atom stereocenters. The van der Waals surface area contributed by atoms with Gasteiger partial charge in [0.25, 0.3) is 0 Å². The predicted octanol–water partition coefficient (Wildman–Crippen LogP) is 2.76. The monoisotopic (exact) mass is 339 g/mol. The number of amides is 2. The molecule has 1 aliphatic rings. The smallest absolute Gasteiger partial charge is 0.315 e. The summed E-state index contributed by atoms with van der Waals surface area (Å²) < 4.78 is 6.01. The van der Waals surface area contributed by atoms with Crippen LogP contribution in [-0.2, 0) is 6.54 Å². The average molecular weight is 340 g/mol. The van der Waals surface area contributed by atoms with Crippen molar-refractivity contribution in [2.24, 2.45) is 0 Å². The number of carbonyl (C=O) groups is 1. The number of rotatable bonds is 5. The zero-order valence-electron chi connectivity index (χ0n) is 11.4. The lowest BCUT2D eigenvalue weighted by atomic mass is 10.2. The van der Waals surface area contributed by atoms with Crippen molar-refractivity contribution < 1.29 is 9.53 Å². The molecule has 1 aromatic heterocycles. The number of urea groups is 1. The third-order valence-corrected chi connectivity index (χ3v) is 3.57. The fourth-order valence-electron chi connectivity index (χ4n) is 2.11. The number of hydrogen-bond donors (Lipinski definition) is 2. The minimum Gasteiger partial charge on any atom is -0.481 e. The van der Waals surface area contributed by atoms with Gasteiger partial charge in [-0.15, -0.1) is 0 Å². The van der Waals surface area contributed by atoms with E-state index in [0.29, 0.717) is 19.0 Å². The van der Waals surface area contributed by atoms with E-state index in [1.807, 2.05) is 6.07 Å². The molecule has 2 N–H and O–H groups in total. The highest BCUT2D eigenvalue weighted by Gasteiger charge is 2.09. The fourth-order valence-corrected chi connectivity index (χ4v) is 2.49. The molecule has 0 radical (unpaired) electrons. The number of nitrogens with one attached hydrogen (secondary N) is 2. The van der Waals surface area contributed by atoms with Gasteiger partial charge >= 0.3 is 6.03 Å². The van der Waals surface area contributed by atoms with Crippen LogP contribution < -0.4 is 15.4 Å². The van der Waals surface area contributed by atoms with Crippen LogP contribution in [0.5, 0.6) is 5.88 Å². The molecule has 6 heteroatoms. The molecular formula is C14H18BrN3O2. The number of nitrogens with zero attached hydrogens (tertiary/aromatic N) is 1. The molecule has 0 aromatic carbocycles. The average Bonchev–Trinajstić information content (AvgIpc) is 2.96. The molecular weight excluding hydrogens is 322 g/mol. The lowest BCUT2D eigenvalue weighted by Gasteiger charge is -2.10. The van der Waals surface area contributed by atoms with Crippen LogP contribution >= 0.6 is 15.9 Å². The Morgan fingerprint density at radius 2 is 2.25 bits per heavy atom. The minimum atomic E-state index is -0.181. The van der Waals surface area contributed by atoms with Gasteiger partial charge in [0.1, 0.15) is 0 Å². The van der Waals surface area contributed by atoms with Gasteiger partial charge in [-0.1, -0.05) is 11.6 Å². The van der Waals surface area contributed by atoms with Crippen LogP contribution in [0, 0.1) is 0 Å². The Kier molecular flexibility index (Phi) is 5.40. The van der Waals surface area contributed by atoms with Crippen molar-refractivity contribution in [3.05, 3.63) is 33.9 Å². The van der Waals surface area contributed by atoms with E-state index in [-0.39, 0.29) is 6.03 Å². The van der Waals surface area contributed by atoms with Crippen LogP contribution in [-0.4, -0.2) is 24.7 Å². The van der Waals surface area contributed by atoms with Crippen LogP contribution in [0.4, 0.5) is 4.79 Å². The van der Waals surface area contributed by atoms with Crippen LogP contribution in [0.2, 0.25) is 0 Å². The highest BCUT2D eigenvalue weighted by Crippen LogP contribution is 2.19. The van der Waals surface area contributed by atoms with E-state index >= 15 is 0 Å². The number of hydrogen-bond acceptors (Lipinski definition) is 3. The Bertz CT molecular complexity index is 517. The van der Waals surface area contributed by atoms with Crippen LogP contribution in [0.1, 0.15) is 24.8 Å². The van der Waals surface area contributed by atoms with Gasteiger partial charge in [0, 0.05) is 29.3 Å². The first-order valence-corrected chi connectivity index (χ1v) is 7.36. The molecule has 0 fully saturated rings. The Hall–Kier alpha value is -1.56. The maximum Gasteiger partial charge on any atom is 0.315 e. The van der Waals surface area contributed by atoms with E-state index in [4.69, 9.17) is 4.74 Å². The number of methoxy groups -OCH3 is 1. The van der Waals surface area contributed by atoms with E-state index in [0.717, 1.165) is 22.9 Å². The summed E-state index contributed by atoms with van der Waals surface area (Å²) in [6.45, 7) is 1.00. The first kappa shape index (κ1) is 14.8. The second-order valence-corrected chi connectivity index (χ2v) is 5.53. The molecule has 108 valence electrons. The quantitative estimate of drug-likeness (QED) is 0.810. The number of allylic oxidation sites excluding steroid dienone is 1. The standard InChI is InChI=1S/C14H18BrN3O2/c1-20-13-11(6-12(15)9-16-13)8-18-14(19)17-7-10-4-2-3-5-10/h4,6,9H,2-3,5,7-8H2,1H3,(H2,17,18,19). The van der Waals surface area contributed by atoms with Crippen LogP contribution in [0.3, 0.4) is 0 Å². The second kappa shape index (κ2) is 7.28. The van der Waals surface area contributed by atoms with Gasteiger partial charge < -0.3 is 15.4 Å². The van der Waals surface area contributed by atoms with E-state index in [9.17, 15) is 4.79 Å². The molecule has 2 amide bonds. The summed E-state index contributed by atoms with van der Waals surface area (Å²) in [5, 5.41) is 5.66. The molecule has 0 spiro atoms. The van der Waals surface area contributed by atoms with Crippen LogP contribution in [0.15, 0.2) is 28.4 Å². The van der Waals surface area contributed by atoms with Gasteiger partial charge in [-0.25, -0.2) is 9.78 Å². The summed E-state index contributed by atoms with van der Waals surface area (Å²) in [7, 11) is 1.56. The van der Waals surface area contributed by atoms with Crippen molar-refractivity contribution in [3.8, 4) is 5.88 Å². The zero-order valence-corrected chi connectivity index (χ0v) is 13.0. The number of aromatic nitrogens is 1. The highest BCUT2D eigenvalue weighted by molar-refractivity contribution is 9.10. The summed E-state index contributed by atoms with van der Waals surface area (Å²) >= 11 is 3.35. The predicted molar refractivity (Wildman–Crippen MR) is 80.7 cm³/mol. The second-order valence-electron chi connectivity index (χ2n) is 4.61. The van der Waals surface area contributed by atoms with Gasteiger partial charge in [0.05, 0.1) is 7.11 Å². The molecule has 5 nitrogen and oxygen atoms in total. The molecule has 0 aliphatic heterocycles. The van der Waals surface area contributed by atoms with E-state index in [1.54, 1.807) is 13.3 Å². The number of pyridine rings is 1. The van der Waals surface area contributed by atoms with E-state index in [1.165, 1.54) is 12.0 Å². The van der Waals surface area contributed by atoms with Gasteiger partial charge in [-0.2, -0.15) is 0 Å². The van der Waals surface area contributed by atoms with Gasteiger partial charge in [-0.3, -0.25) is 0 Å². The molecule has 0 bridgehead atoms. The Morgan fingerprint density at radius 1 is 1.45 bits per heavy atom. The Balaban J connectivity index is 1.82. The van der Waals surface area contributed by atoms with Gasteiger partial charge in [0.2, 0.25) is 5.88 Å². The Morgan fingerprint density at radius 3 is 2.95 bits per heavy atom. The van der Waals surface area contributed by atoms with Crippen molar-refractivity contribution in [2.45, 2.75) is 25.8 Å². The third kappa shape index (κ3) is 4.23. The minimum absolute atomic E-state index is 0.181. The number of carbonyl (C=O) groups excluding carboxylic acids is 1. The first-order valence-electron chi connectivity index (χ1n) is 6.57. The summed E-state index contributed by atoms with van der Waals surface area (Å²) in [5.41, 5.74) is 2.14. The lowest BCUT2D eigenvalue weighted by Crippen LogP contribution is -2.36. The van der Waals surface area contributed by atoms with Gasteiger partial charge in [0.15, 0.2) is 0 Å². The van der Waals surface area contributed by atoms with Crippen molar-refractivity contribution in [2.75, 3.05) is 13.7 Å². The summed E-state index contributed by atoms with van der Waals surface area (Å²) in [6, 6.07) is 1.70. The van der Waals surface area contributed by atoms with Crippen molar-refractivity contribution in [3.63, 3.8) is 0 Å². The van der Waals surface area contributed by atoms with E-state index < -0.39 is 0 Å². The number of halogens is 1. The van der Waals surface area contributed by atoms with E-state index in [2.05, 4.69) is 37.6 Å². The topological polar surface area (TPSA) is 63.2 Å². The lowest BCUT2D eigenvalue weighted by molar-refractivity contribution is 0.241. The SMILES string of the molecule is COc1ncc(Br)cc1CNC(=O)NCC1=CCCC1. The van der Waals surface area contributed by atoms with Crippen molar-refractivity contribution in [1.29, 1.82) is 0 Å². The first-order chi connectivity index (χ1) is 9.69. The summed E-state index contributed by atoms with van der Waals surface area (Å²) in [4.78, 5) is 15.9. The summed E-state index contributed by atoms with van der Waals surface area (Å²) in [6.07, 6.45) is 7.26. The number of ether oxygens (including phenoxy) is 1. The highest BCUT2D eigenvalue weighted by atomic mass is 79.9. The van der Waals surface area contributed by atoms with Crippen molar-refractivity contribution >= 4 is 22.0 Å². The molecule has 0 saturated heterocycles. The fraction of sp³-hybridized carbons (Fsp3) is 0.429. The molecule has 1 aliphatic carbocycles. The Labute approximate surface area is 126 Å². The molecule has 1 aromatic rings. The molecule has 0 saturated carbocycles. The maximum absolute atomic E-state index is 11.7. The largest absolute Gasteiger partial charge is 0.481 e. The zero-order chi connectivity index (χ0) is 14.4. The normalized spacial score (nSPS) is 13.8. The molecule has 20 heavy (non-hydrogen) atoms.